The van der Waals surface area contributed by atoms with Crippen LogP contribution in [0.2, 0.25) is 0 Å². The maximum absolute atomic E-state index is 12.8. The van der Waals surface area contributed by atoms with E-state index >= 15 is 0 Å². The minimum absolute atomic E-state index is 0.256. The van der Waals surface area contributed by atoms with Crippen molar-refractivity contribution in [2.45, 2.75) is 38.1 Å². The number of anilines is 2. The lowest BCUT2D eigenvalue weighted by molar-refractivity contribution is 0.231. The molecule has 10 heteroatoms. The fourth-order valence-corrected chi connectivity index (χ4v) is 4.94. The Hall–Kier alpha value is -4.31. The third-order valence-corrected chi connectivity index (χ3v) is 7.28. The van der Waals surface area contributed by atoms with Crippen LogP contribution in [0.4, 0.5) is 16.3 Å². The van der Waals surface area contributed by atoms with Gasteiger partial charge in [-0.1, -0.05) is 6.07 Å². The number of sulfone groups is 1. The van der Waals surface area contributed by atoms with Crippen LogP contribution < -0.4 is 10.6 Å². The number of rotatable bonds is 4. The summed E-state index contributed by atoms with van der Waals surface area (Å²) in [6, 6.07) is 13.9. The number of carbonyl (C=O) groups is 1. The quantitative estimate of drug-likeness (QED) is 0.318. The molecule has 0 bridgehead atoms. The van der Waals surface area contributed by atoms with Gasteiger partial charge in [0.2, 0.25) is 0 Å². The van der Waals surface area contributed by atoms with E-state index in [2.05, 4.69) is 20.7 Å². The first-order valence-electron chi connectivity index (χ1n) is 12.0. The first-order valence-corrected chi connectivity index (χ1v) is 13.9. The van der Waals surface area contributed by atoms with E-state index in [0.29, 0.717) is 11.5 Å². The topological polar surface area (TPSA) is 119 Å². The summed E-state index contributed by atoms with van der Waals surface area (Å²) in [5, 5.41) is 13.2. The van der Waals surface area contributed by atoms with Gasteiger partial charge in [-0.15, -0.1) is 0 Å². The Morgan fingerprint density at radius 1 is 0.947 bits per heavy atom. The number of aromatic nitrogens is 4. The minimum Gasteiger partial charge on any atom is -0.340 e. The number of benzene rings is 2. The second-order valence-electron chi connectivity index (χ2n) is 10.3. The zero-order chi connectivity index (χ0) is 27.2. The lowest BCUT2D eigenvalue weighted by Crippen LogP contribution is -2.43. The second-order valence-corrected chi connectivity index (χ2v) is 12.3. The van der Waals surface area contributed by atoms with Gasteiger partial charge in [-0.25, -0.2) is 18.2 Å². The van der Waals surface area contributed by atoms with Crippen molar-refractivity contribution in [3.05, 3.63) is 72.7 Å². The van der Waals surface area contributed by atoms with Gasteiger partial charge in [0, 0.05) is 51.6 Å². The molecule has 5 aromatic rings. The molecule has 0 aliphatic rings. The molecule has 9 nitrogen and oxygen atoms in total. The van der Waals surface area contributed by atoms with Crippen LogP contribution in [-0.2, 0) is 9.84 Å². The zero-order valence-corrected chi connectivity index (χ0v) is 22.6. The number of hydrogen-bond acceptors (Lipinski definition) is 7. The van der Waals surface area contributed by atoms with Gasteiger partial charge in [-0.05, 0) is 75.7 Å². The molecule has 194 valence electrons. The number of nitrogens with one attached hydrogen (secondary N) is 2. The summed E-state index contributed by atoms with van der Waals surface area (Å²) >= 11 is 0. The first kappa shape index (κ1) is 25.3. The third kappa shape index (κ3) is 4.95. The molecule has 3 aromatic heterocycles. The molecule has 0 saturated heterocycles. The molecule has 0 atom stereocenters. The van der Waals surface area contributed by atoms with Gasteiger partial charge in [0.25, 0.3) is 0 Å². The number of pyridine rings is 2. The maximum atomic E-state index is 12.8. The van der Waals surface area contributed by atoms with E-state index in [0.717, 1.165) is 38.5 Å². The number of nitrogens with zero attached hydrogens (tertiary/aromatic N) is 4. The number of aryl methyl sites for hydroxylation is 1. The van der Waals surface area contributed by atoms with E-state index in [1.807, 2.05) is 52.0 Å². The van der Waals surface area contributed by atoms with E-state index in [-0.39, 0.29) is 16.5 Å². The molecule has 0 spiro atoms. The van der Waals surface area contributed by atoms with Gasteiger partial charge in [0.15, 0.2) is 9.84 Å². The van der Waals surface area contributed by atoms with E-state index < -0.39 is 9.84 Å². The van der Waals surface area contributed by atoms with Gasteiger partial charge in [-0.2, -0.15) is 9.78 Å². The number of hydrogen-bond donors (Lipinski definition) is 2. The standard InChI is InChI=1S/C28H28N6O3S/c1-17-21(10-11-24-23(17)16-31-34(24)27(35)33-28(2,3)4)26-22-14-25(30-15-18(22)12-13-29-26)32-19-6-8-20(9-7-19)38(5,36)37/h6-16H,1-5H3,(H,30,32)(H,33,35). The zero-order valence-electron chi connectivity index (χ0n) is 21.8. The molecule has 38 heavy (non-hydrogen) atoms. The predicted molar refractivity (Wildman–Crippen MR) is 150 cm³/mol. The van der Waals surface area contributed by atoms with Crippen molar-refractivity contribution in [3.63, 3.8) is 0 Å². The predicted octanol–water partition coefficient (Wildman–Crippen LogP) is 5.46. The Labute approximate surface area is 220 Å². The van der Waals surface area contributed by atoms with Crippen molar-refractivity contribution in [1.82, 2.24) is 25.1 Å². The highest BCUT2D eigenvalue weighted by atomic mass is 32.2. The summed E-state index contributed by atoms with van der Waals surface area (Å²) in [5.41, 5.74) is 3.72. The molecule has 0 aliphatic carbocycles. The smallest absolute Gasteiger partial charge is 0.340 e. The van der Waals surface area contributed by atoms with Crippen LogP contribution in [0.1, 0.15) is 26.3 Å². The number of amides is 1. The largest absolute Gasteiger partial charge is 0.343 e. The van der Waals surface area contributed by atoms with Gasteiger partial charge in [0.05, 0.1) is 22.3 Å². The van der Waals surface area contributed by atoms with Gasteiger partial charge >= 0.3 is 6.03 Å². The molecular weight excluding hydrogens is 500 g/mol. The van der Waals surface area contributed by atoms with Crippen LogP contribution in [0.5, 0.6) is 0 Å². The molecule has 3 heterocycles. The molecular formula is C28H28N6O3S. The van der Waals surface area contributed by atoms with Gasteiger partial charge in [-0.3, -0.25) is 4.98 Å². The number of fused-ring (bicyclic) bond motifs is 2. The molecule has 5 rings (SSSR count). The van der Waals surface area contributed by atoms with Gasteiger partial charge < -0.3 is 10.6 Å². The van der Waals surface area contributed by atoms with Gasteiger partial charge in [0.1, 0.15) is 5.82 Å². The lowest BCUT2D eigenvalue weighted by Gasteiger charge is -2.20. The highest BCUT2D eigenvalue weighted by Crippen LogP contribution is 2.34. The van der Waals surface area contributed by atoms with E-state index in [1.54, 1.807) is 42.9 Å². The van der Waals surface area contributed by atoms with Crippen LogP contribution >= 0.6 is 0 Å². The minimum atomic E-state index is -3.27. The molecule has 2 N–H and O–H groups in total. The van der Waals surface area contributed by atoms with Crippen molar-refractivity contribution in [1.29, 1.82) is 0 Å². The fraction of sp³-hybridized carbons (Fsp3) is 0.214. The van der Waals surface area contributed by atoms with Crippen molar-refractivity contribution in [3.8, 4) is 11.3 Å². The third-order valence-electron chi connectivity index (χ3n) is 6.15. The Morgan fingerprint density at radius 2 is 1.68 bits per heavy atom. The van der Waals surface area contributed by atoms with Crippen molar-refractivity contribution >= 4 is 49.0 Å². The average Bonchev–Trinajstić information content (AvgIpc) is 3.28. The first-order chi connectivity index (χ1) is 17.9. The highest BCUT2D eigenvalue weighted by molar-refractivity contribution is 7.90. The highest BCUT2D eigenvalue weighted by Gasteiger charge is 2.20. The van der Waals surface area contributed by atoms with E-state index in [1.165, 1.54) is 10.9 Å². The Bertz CT molecular complexity index is 1800. The van der Waals surface area contributed by atoms with E-state index in [9.17, 15) is 13.2 Å². The average molecular weight is 529 g/mol. The summed E-state index contributed by atoms with van der Waals surface area (Å²) in [6.07, 6.45) is 6.41. The fourth-order valence-electron chi connectivity index (χ4n) is 4.31. The molecule has 0 aliphatic heterocycles. The maximum Gasteiger partial charge on any atom is 0.343 e. The normalized spacial score (nSPS) is 12.1. The SMILES string of the molecule is Cc1c(-c2nccc3cnc(Nc4ccc(S(C)(=O)=O)cc4)cc23)ccc2c1cnn2C(=O)NC(C)(C)C. The van der Waals surface area contributed by atoms with Crippen LogP contribution in [0.3, 0.4) is 0 Å². The molecule has 0 radical (unpaired) electrons. The molecule has 1 amide bonds. The summed E-state index contributed by atoms with van der Waals surface area (Å²) in [4.78, 5) is 22.2. The van der Waals surface area contributed by atoms with E-state index in [4.69, 9.17) is 4.98 Å². The Morgan fingerprint density at radius 3 is 2.37 bits per heavy atom. The van der Waals surface area contributed by atoms with Crippen LogP contribution in [-0.4, -0.2) is 46.0 Å². The van der Waals surface area contributed by atoms with Crippen LogP contribution in [0.25, 0.3) is 32.9 Å². The van der Waals surface area contributed by atoms with Crippen molar-refractivity contribution in [2.24, 2.45) is 0 Å². The summed E-state index contributed by atoms with van der Waals surface area (Å²) in [6.45, 7) is 7.77. The van der Waals surface area contributed by atoms with Crippen LogP contribution in [0.15, 0.2) is 72.0 Å². The number of carbonyl (C=O) groups excluding carboxylic acids is 1. The molecule has 0 unspecified atom stereocenters. The summed E-state index contributed by atoms with van der Waals surface area (Å²) in [7, 11) is -3.27. The van der Waals surface area contributed by atoms with Crippen molar-refractivity contribution < 1.29 is 13.2 Å². The Balaban J connectivity index is 1.53. The molecule has 0 fully saturated rings. The summed E-state index contributed by atoms with van der Waals surface area (Å²) < 4.78 is 24.9. The lowest BCUT2D eigenvalue weighted by atomic mass is 9.98. The van der Waals surface area contributed by atoms with Crippen LogP contribution in [0, 0.1) is 6.92 Å². The molecule has 0 saturated carbocycles. The summed E-state index contributed by atoms with van der Waals surface area (Å²) in [5.74, 6) is 0.601. The second kappa shape index (κ2) is 9.21. The Kier molecular flexibility index (Phi) is 6.15. The monoisotopic (exact) mass is 528 g/mol. The molecule has 2 aromatic carbocycles. The van der Waals surface area contributed by atoms with Crippen molar-refractivity contribution in [2.75, 3.05) is 11.6 Å².